The summed E-state index contributed by atoms with van der Waals surface area (Å²) in [5.74, 6) is -0.708. The zero-order valence-corrected chi connectivity index (χ0v) is 10.6. The fraction of sp³-hybridized carbons (Fsp3) is 0.889. The second-order valence-electron chi connectivity index (χ2n) is 3.61. The van der Waals surface area contributed by atoms with Crippen LogP contribution in [0.3, 0.4) is 0 Å². The maximum absolute atomic E-state index is 10.3. The molecule has 0 saturated carbocycles. The molecule has 1 aliphatic heterocycles. The molecule has 1 fully saturated rings. The Morgan fingerprint density at radius 2 is 1.93 bits per heavy atom. The van der Waals surface area contributed by atoms with Crippen molar-refractivity contribution >= 4 is 30.8 Å². The lowest BCUT2D eigenvalue weighted by Crippen LogP contribution is -2.41. The van der Waals surface area contributed by atoms with Crippen LogP contribution in [0, 0.1) is 0 Å². The number of nitrogens with one attached hydrogen (secondary N) is 1. The van der Waals surface area contributed by atoms with Crippen molar-refractivity contribution in [1.29, 1.82) is 0 Å². The number of carboxylic acid groups (broad SMARTS) is 1. The highest BCUT2D eigenvalue weighted by molar-refractivity contribution is 5.85. The first-order chi connectivity index (χ1) is 6.20. The quantitative estimate of drug-likeness (QED) is 0.790. The van der Waals surface area contributed by atoms with E-state index in [4.69, 9.17) is 5.11 Å². The van der Waals surface area contributed by atoms with E-state index >= 15 is 0 Å². The van der Waals surface area contributed by atoms with Crippen molar-refractivity contribution in [1.82, 2.24) is 10.2 Å². The van der Waals surface area contributed by atoms with Gasteiger partial charge in [0.25, 0.3) is 0 Å². The van der Waals surface area contributed by atoms with Gasteiger partial charge < -0.3 is 15.3 Å². The summed E-state index contributed by atoms with van der Waals surface area (Å²) in [7, 11) is 2.01. The minimum atomic E-state index is -0.708. The minimum absolute atomic E-state index is 0. The molecule has 0 aromatic heterocycles. The molecule has 2 N–H and O–H groups in total. The van der Waals surface area contributed by atoms with Crippen LogP contribution in [-0.2, 0) is 4.79 Å². The number of nitrogens with zero attached hydrogens (tertiary/aromatic N) is 1. The van der Waals surface area contributed by atoms with E-state index in [-0.39, 0.29) is 31.2 Å². The first-order valence-corrected chi connectivity index (χ1v) is 4.83. The third kappa shape index (κ3) is 6.95. The Labute approximate surface area is 103 Å². The molecule has 0 aromatic carbocycles. The van der Waals surface area contributed by atoms with Gasteiger partial charge in [-0.1, -0.05) is 0 Å². The van der Waals surface area contributed by atoms with E-state index in [0.717, 1.165) is 25.9 Å². The summed E-state index contributed by atoms with van der Waals surface area (Å²) in [6.45, 7) is 2.78. The number of carboxylic acids is 1. The fourth-order valence-corrected chi connectivity index (χ4v) is 1.70. The molecule has 0 amide bonds. The smallest absolute Gasteiger partial charge is 0.304 e. The van der Waals surface area contributed by atoms with Gasteiger partial charge in [-0.3, -0.25) is 4.79 Å². The topological polar surface area (TPSA) is 52.6 Å². The zero-order valence-electron chi connectivity index (χ0n) is 8.94. The maximum atomic E-state index is 10.3. The normalized spacial score (nSPS) is 16.7. The molecule has 0 radical (unpaired) electrons. The molecule has 1 heterocycles. The maximum Gasteiger partial charge on any atom is 0.304 e. The summed E-state index contributed by atoms with van der Waals surface area (Å²) in [6, 6.07) is 0.570. The summed E-state index contributed by atoms with van der Waals surface area (Å²) >= 11 is 0. The van der Waals surface area contributed by atoms with Crippen LogP contribution in [0.15, 0.2) is 0 Å². The summed E-state index contributed by atoms with van der Waals surface area (Å²) in [5.41, 5.74) is 0. The molecule has 6 heteroatoms. The molecule has 1 saturated heterocycles. The molecule has 0 atom stereocenters. The average molecular weight is 259 g/mol. The molecule has 1 rings (SSSR count). The SMILES string of the molecule is CN(CCC(=O)O)C1CCNCC1.Cl.Cl. The monoisotopic (exact) mass is 258 g/mol. The molecule has 0 bridgehead atoms. The van der Waals surface area contributed by atoms with Gasteiger partial charge in [-0.15, -0.1) is 24.8 Å². The molecular weight excluding hydrogens is 239 g/mol. The number of carbonyl (C=O) groups is 1. The van der Waals surface area contributed by atoms with Gasteiger partial charge in [0.15, 0.2) is 0 Å². The van der Waals surface area contributed by atoms with Crippen LogP contribution in [0.2, 0.25) is 0 Å². The predicted molar refractivity (Wildman–Crippen MR) is 65.3 cm³/mol. The Bertz CT molecular complexity index is 175. The Balaban J connectivity index is 0. The van der Waals surface area contributed by atoms with Gasteiger partial charge in [0.05, 0.1) is 6.42 Å². The van der Waals surface area contributed by atoms with Crippen molar-refractivity contribution in [2.24, 2.45) is 0 Å². The van der Waals surface area contributed by atoms with E-state index in [9.17, 15) is 4.79 Å². The molecule has 0 aromatic rings. The second kappa shape index (κ2) is 9.21. The third-order valence-electron chi connectivity index (χ3n) is 2.61. The van der Waals surface area contributed by atoms with Gasteiger partial charge in [0.1, 0.15) is 0 Å². The van der Waals surface area contributed by atoms with E-state index in [1.807, 2.05) is 7.05 Å². The lowest BCUT2D eigenvalue weighted by Gasteiger charge is -2.31. The number of hydrogen-bond donors (Lipinski definition) is 2. The van der Waals surface area contributed by atoms with Gasteiger partial charge in [0, 0.05) is 12.6 Å². The number of hydrogen-bond acceptors (Lipinski definition) is 3. The second-order valence-corrected chi connectivity index (χ2v) is 3.61. The minimum Gasteiger partial charge on any atom is -0.481 e. The van der Waals surface area contributed by atoms with Gasteiger partial charge in [-0.25, -0.2) is 0 Å². The van der Waals surface area contributed by atoms with Gasteiger partial charge >= 0.3 is 5.97 Å². The molecule has 0 aliphatic carbocycles. The summed E-state index contributed by atoms with van der Waals surface area (Å²) in [6.07, 6.45) is 2.52. The lowest BCUT2D eigenvalue weighted by atomic mass is 10.1. The zero-order chi connectivity index (χ0) is 9.68. The summed E-state index contributed by atoms with van der Waals surface area (Å²) in [4.78, 5) is 12.5. The van der Waals surface area contributed by atoms with Crippen LogP contribution in [0.25, 0.3) is 0 Å². The Morgan fingerprint density at radius 3 is 2.40 bits per heavy atom. The van der Waals surface area contributed by atoms with E-state index < -0.39 is 5.97 Å². The van der Waals surface area contributed by atoms with Crippen molar-refractivity contribution in [3.8, 4) is 0 Å². The number of aliphatic carboxylic acids is 1. The van der Waals surface area contributed by atoms with Crippen LogP contribution < -0.4 is 5.32 Å². The van der Waals surface area contributed by atoms with E-state index in [2.05, 4.69) is 10.2 Å². The Hall–Kier alpha value is -0.0300. The lowest BCUT2D eigenvalue weighted by molar-refractivity contribution is -0.137. The Kier molecular flexibility index (Phi) is 10.7. The fourth-order valence-electron chi connectivity index (χ4n) is 1.70. The first-order valence-electron chi connectivity index (χ1n) is 4.83. The van der Waals surface area contributed by atoms with Crippen molar-refractivity contribution in [2.75, 3.05) is 26.7 Å². The molecule has 4 nitrogen and oxygen atoms in total. The van der Waals surface area contributed by atoms with Crippen molar-refractivity contribution in [3.63, 3.8) is 0 Å². The molecule has 0 spiro atoms. The van der Waals surface area contributed by atoms with Crippen LogP contribution in [0.4, 0.5) is 0 Å². The molecule has 15 heavy (non-hydrogen) atoms. The number of halogens is 2. The largest absolute Gasteiger partial charge is 0.481 e. The van der Waals surface area contributed by atoms with Crippen LogP contribution >= 0.6 is 24.8 Å². The van der Waals surface area contributed by atoms with Gasteiger partial charge in [0.2, 0.25) is 0 Å². The van der Waals surface area contributed by atoms with Crippen molar-refractivity contribution < 1.29 is 9.90 Å². The highest BCUT2D eigenvalue weighted by Crippen LogP contribution is 2.09. The first kappa shape index (κ1) is 17.4. The summed E-state index contributed by atoms with van der Waals surface area (Å²) in [5, 5.41) is 11.8. The van der Waals surface area contributed by atoms with Crippen LogP contribution in [0.1, 0.15) is 19.3 Å². The molecular formula is C9H20Cl2N2O2. The standard InChI is InChI=1S/C9H18N2O2.2ClH/c1-11(7-4-9(12)13)8-2-5-10-6-3-8;;/h8,10H,2-7H2,1H3,(H,12,13);2*1H. The number of rotatable bonds is 4. The van der Waals surface area contributed by atoms with E-state index in [1.54, 1.807) is 0 Å². The molecule has 0 unspecified atom stereocenters. The highest BCUT2D eigenvalue weighted by atomic mass is 35.5. The highest BCUT2D eigenvalue weighted by Gasteiger charge is 2.17. The Morgan fingerprint density at radius 1 is 1.40 bits per heavy atom. The third-order valence-corrected chi connectivity index (χ3v) is 2.61. The molecule has 92 valence electrons. The van der Waals surface area contributed by atoms with Gasteiger partial charge in [-0.05, 0) is 33.0 Å². The average Bonchev–Trinajstić information content (AvgIpc) is 2.15. The summed E-state index contributed by atoms with van der Waals surface area (Å²) < 4.78 is 0. The van der Waals surface area contributed by atoms with Crippen molar-refractivity contribution in [2.45, 2.75) is 25.3 Å². The predicted octanol–water partition coefficient (Wildman–Crippen LogP) is 0.988. The molecule has 1 aliphatic rings. The van der Waals surface area contributed by atoms with Crippen LogP contribution in [-0.4, -0.2) is 48.7 Å². The van der Waals surface area contributed by atoms with E-state index in [0.29, 0.717) is 12.6 Å². The van der Waals surface area contributed by atoms with Crippen molar-refractivity contribution in [3.05, 3.63) is 0 Å². The number of piperidine rings is 1. The van der Waals surface area contributed by atoms with Gasteiger partial charge in [-0.2, -0.15) is 0 Å². The van der Waals surface area contributed by atoms with Crippen LogP contribution in [0.5, 0.6) is 0 Å². The van der Waals surface area contributed by atoms with E-state index in [1.165, 1.54) is 0 Å².